The van der Waals surface area contributed by atoms with Crippen LogP contribution >= 0.6 is 0 Å². The summed E-state index contributed by atoms with van der Waals surface area (Å²) in [5.74, 6) is -0.993. The molecule has 14 heteroatoms. The number of imidazole rings is 1. The van der Waals surface area contributed by atoms with E-state index in [-0.39, 0.29) is 28.4 Å². The Labute approximate surface area is 186 Å². The van der Waals surface area contributed by atoms with Crippen LogP contribution in [0.1, 0.15) is 16.1 Å². The van der Waals surface area contributed by atoms with Crippen molar-refractivity contribution in [1.82, 2.24) is 24.6 Å². The SMILES string of the molecule is O=C(Nc1ccnc(OCC(F)(F)F)n1)c1cnc2ccc(-c3ccccc3C(F)(F)F)nn12. The van der Waals surface area contributed by atoms with Crippen molar-refractivity contribution < 1.29 is 35.9 Å². The molecule has 3 aromatic heterocycles. The molecule has 0 bridgehead atoms. The van der Waals surface area contributed by atoms with Crippen molar-refractivity contribution in [3.05, 3.63) is 66.1 Å². The first-order valence-corrected chi connectivity index (χ1v) is 9.36. The predicted octanol–water partition coefficient (Wildman–Crippen LogP) is 4.40. The molecule has 0 fully saturated rings. The minimum absolute atomic E-state index is 0.0580. The van der Waals surface area contributed by atoms with Gasteiger partial charge in [0.15, 0.2) is 17.9 Å². The van der Waals surface area contributed by atoms with Gasteiger partial charge < -0.3 is 10.1 Å². The zero-order chi connectivity index (χ0) is 24.5. The highest BCUT2D eigenvalue weighted by Crippen LogP contribution is 2.36. The third-order valence-corrected chi connectivity index (χ3v) is 4.34. The summed E-state index contributed by atoms with van der Waals surface area (Å²) in [7, 11) is 0. The van der Waals surface area contributed by atoms with Crippen molar-refractivity contribution in [2.75, 3.05) is 11.9 Å². The number of anilines is 1. The van der Waals surface area contributed by atoms with Crippen molar-refractivity contribution in [3.63, 3.8) is 0 Å². The lowest BCUT2D eigenvalue weighted by Gasteiger charge is -2.12. The van der Waals surface area contributed by atoms with Gasteiger partial charge in [0.2, 0.25) is 0 Å². The molecule has 0 aliphatic carbocycles. The predicted molar refractivity (Wildman–Crippen MR) is 105 cm³/mol. The van der Waals surface area contributed by atoms with E-state index in [4.69, 9.17) is 0 Å². The summed E-state index contributed by atoms with van der Waals surface area (Å²) in [4.78, 5) is 23.9. The topological polar surface area (TPSA) is 94.3 Å². The smallest absolute Gasteiger partial charge is 0.422 e. The molecule has 4 aromatic rings. The Bertz CT molecular complexity index is 1350. The van der Waals surface area contributed by atoms with Gasteiger partial charge in [-0.2, -0.15) is 36.4 Å². The number of alkyl halides is 6. The van der Waals surface area contributed by atoms with Gasteiger partial charge in [-0.15, -0.1) is 0 Å². The molecule has 0 unspecified atom stereocenters. The lowest BCUT2D eigenvalue weighted by atomic mass is 10.0. The normalized spacial score (nSPS) is 12.1. The highest BCUT2D eigenvalue weighted by atomic mass is 19.4. The molecule has 1 amide bonds. The van der Waals surface area contributed by atoms with Crippen LogP contribution in [0.2, 0.25) is 0 Å². The summed E-state index contributed by atoms with van der Waals surface area (Å²) in [5, 5.41) is 6.46. The summed E-state index contributed by atoms with van der Waals surface area (Å²) in [6, 6.07) is 8.15. The summed E-state index contributed by atoms with van der Waals surface area (Å²) in [5.41, 5.74) is -1.13. The van der Waals surface area contributed by atoms with E-state index in [9.17, 15) is 31.1 Å². The van der Waals surface area contributed by atoms with E-state index < -0.39 is 36.4 Å². The molecule has 0 radical (unpaired) electrons. The average Bonchev–Trinajstić information content (AvgIpc) is 3.20. The molecule has 176 valence electrons. The second kappa shape index (κ2) is 8.61. The number of aromatic nitrogens is 5. The number of carbonyl (C=O) groups is 1. The van der Waals surface area contributed by atoms with E-state index in [1.807, 2.05) is 0 Å². The van der Waals surface area contributed by atoms with Gasteiger partial charge in [0.1, 0.15) is 5.82 Å². The molecule has 34 heavy (non-hydrogen) atoms. The van der Waals surface area contributed by atoms with Crippen LogP contribution in [-0.2, 0) is 6.18 Å². The Balaban J connectivity index is 1.62. The summed E-state index contributed by atoms with van der Waals surface area (Å²) in [6.45, 7) is -1.62. The monoisotopic (exact) mass is 482 g/mol. The Morgan fingerprint density at radius 2 is 1.76 bits per heavy atom. The number of ether oxygens (including phenoxy) is 1. The number of nitrogens with zero attached hydrogens (tertiary/aromatic N) is 5. The van der Waals surface area contributed by atoms with Gasteiger partial charge in [0, 0.05) is 11.8 Å². The number of benzene rings is 1. The minimum Gasteiger partial charge on any atom is -0.454 e. The summed E-state index contributed by atoms with van der Waals surface area (Å²) < 4.78 is 82.6. The number of carbonyl (C=O) groups excluding carboxylic acids is 1. The van der Waals surface area contributed by atoms with Crippen molar-refractivity contribution >= 4 is 17.4 Å². The fourth-order valence-electron chi connectivity index (χ4n) is 2.93. The van der Waals surface area contributed by atoms with Gasteiger partial charge in [-0.1, -0.05) is 18.2 Å². The first kappa shape index (κ1) is 22.9. The minimum atomic E-state index is -4.62. The zero-order valence-electron chi connectivity index (χ0n) is 16.7. The molecule has 8 nitrogen and oxygen atoms in total. The van der Waals surface area contributed by atoms with Gasteiger partial charge in [0.05, 0.1) is 17.5 Å². The second-order valence-electron chi connectivity index (χ2n) is 6.76. The van der Waals surface area contributed by atoms with Gasteiger partial charge >= 0.3 is 18.4 Å². The second-order valence-corrected chi connectivity index (χ2v) is 6.76. The standard InChI is InChI=1S/C20H12F6N6O2/c21-19(22,23)10-34-18-27-8-7-15(30-18)29-17(33)14-9-28-16-6-5-13(31-32(14)16)11-3-1-2-4-12(11)20(24,25)26/h1-9H,10H2,(H,27,29,30,33). The number of halogens is 6. The van der Waals surface area contributed by atoms with Gasteiger partial charge in [-0.3, -0.25) is 4.79 Å². The fourth-order valence-corrected chi connectivity index (χ4v) is 2.93. The Kier molecular flexibility index (Phi) is 5.81. The number of hydrogen-bond acceptors (Lipinski definition) is 6. The highest BCUT2D eigenvalue weighted by Gasteiger charge is 2.34. The molecule has 0 aliphatic rings. The quantitative estimate of drug-likeness (QED) is 0.424. The molecule has 0 atom stereocenters. The third-order valence-electron chi connectivity index (χ3n) is 4.34. The molecule has 1 N–H and O–H groups in total. The number of rotatable bonds is 5. The van der Waals surface area contributed by atoms with Crippen LogP contribution in [0.25, 0.3) is 16.9 Å². The Hall–Kier alpha value is -4.23. The lowest BCUT2D eigenvalue weighted by molar-refractivity contribution is -0.154. The number of amides is 1. The maximum absolute atomic E-state index is 13.4. The van der Waals surface area contributed by atoms with E-state index in [2.05, 4.69) is 30.1 Å². The molecular formula is C20H12F6N6O2. The van der Waals surface area contributed by atoms with Crippen molar-refractivity contribution in [3.8, 4) is 17.3 Å². The van der Waals surface area contributed by atoms with E-state index in [1.165, 1.54) is 36.4 Å². The number of nitrogens with one attached hydrogen (secondary N) is 1. The molecular weight excluding hydrogens is 470 g/mol. The van der Waals surface area contributed by atoms with Crippen LogP contribution in [0, 0.1) is 0 Å². The van der Waals surface area contributed by atoms with Crippen LogP contribution in [0.5, 0.6) is 6.01 Å². The molecule has 1 aromatic carbocycles. The fraction of sp³-hybridized carbons (Fsp3) is 0.150. The van der Waals surface area contributed by atoms with Crippen LogP contribution in [0.4, 0.5) is 32.2 Å². The Morgan fingerprint density at radius 3 is 2.50 bits per heavy atom. The lowest BCUT2D eigenvalue weighted by Crippen LogP contribution is -2.21. The zero-order valence-corrected chi connectivity index (χ0v) is 16.7. The number of fused-ring (bicyclic) bond motifs is 1. The van der Waals surface area contributed by atoms with Gasteiger partial charge in [-0.05, 0) is 24.3 Å². The first-order valence-electron chi connectivity index (χ1n) is 9.36. The molecule has 3 heterocycles. The molecule has 4 rings (SSSR count). The van der Waals surface area contributed by atoms with Crippen LogP contribution in [0.15, 0.2) is 54.9 Å². The van der Waals surface area contributed by atoms with E-state index in [0.717, 1.165) is 23.0 Å². The van der Waals surface area contributed by atoms with Gasteiger partial charge in [0.25, 0.3) is 5.91 Å². The molecule has 0 aliphatic heterocycles. The largest absolute Gasteiger partial charge is 0.454 e. The number of hydrogen-bond donors (Lipinski definition) is 1. The maximum Gasteiger partial charge on any atom is 0.422 e. The average molecular weight is 482 g/mol. The van der Waals surface area contributed by atoms with Gasteiger partial charge in [-0.25, -0.2) is 14.5 Å². The van der Waals surface area contributed by atoms with Crippen LogP contribution < -0.4 is 10.1 Å². The molecule has 0 saturated heterocycles. The van der Waals surface area contributed by atoms with Crippen molar-refractivity contribution in [2.24, 2.45) is 0 Å². The van der Waals surface area contributed by atoms with Crippen molar-refractivity contribution in [1.29, 1.82) is 0 Å². The van der Waals surface area contributed by atoms with E-state index in [0.29, 0.717) is 0 Å². The van der Waals surface area contributed by atoms with Crippen LogP contribution in [0.3, 0.4) is 0 Å². The molecule has 0 saturated carbocycles. The first-order chi connectivity index (χ1) is 16.0. The van der Waals surface area contributed by atoms with Crippen molar-refractivity contribution in [2.45, 2.75) is 12.4 Å². The highest BCUT2D eigenvalue weighted by molar-refractivity contribution is 6.02. The molecule has 0 spiro atoms. The van der Waals surface area contributed by atoms with Crippen LogP contribution in [-0.4, -0.2) is 43.3 Å². The Morgan fingerprint density at radius 1 is 1.00 bits per heavy atom. The summed E-state index contributed by atoms with van der Waals surface area (Å²) >= 11 is 0. The van der Waals surface area contributed by atoms with E-state index in [1.54, 1.807) is 0 Å². The third kappa shape index (κ3) is 5.05. The van der Waals surface area contributed by atoms with E-state index >= 15 is 0 Å². The summed E-state index contributed by atoms with van der Waals surface area (Å²) in [6.07, 6.45) is -7.01. The maximum atomic E-state index is 13.4.